The van der Waals surface area contributed by atoms with Gasteiger partial charge in [0.1, 0.15) is 0 Å². The molecule has 0 radical (unpaired) electrons. The lowest BCUT2D eigenvalue weighted by molar-refractivity contribution is 0.114. The number of aryl methyl sites for hydroxylation is 1. The van der Waals surface area contributed by atoms with Crippen LogP contribution in [-0.4, -0.2) is 52.4 Å². The standard InChI is InChI=1S/C22H32N6.HI/c1-17-14-25-27(15-17)11-10-24-22(23-2)26-19-12-20-8-9-21(13-19)28(20)16-18-6-4-3-5-7-18;/h3-7,14-15,19-21H,8-13,16H2,1-2H3,(H2,23,24,26);1H. The van der Waals surface area contributed by atoms with Gasteiger partial charge in [-0.2, -0.15) is 5.10 Å². The molecule has 2 unspecified atom stereocenters. The van der Waals surface area contributed by atoms with Gasteiger partial charge in [-0.1, -0.05) is 30.3 Å². The number of guanidine groups is 1. The summed E-state index contributed by atoms with van der Waals surface area (Å²) in [4.78, 5) is 7.15. The van der Waals surface area contributed by atoms with Crippen LogP contribution in [0, 0.1) is 6.92 Å². The van der Waals surface area contributed by atoms with Gasteiger partial charge in [-0.05, 0) is 43.7 Å². The molecule has 0 amide bonds. The molecule has 2 atom stereocenters. The van der Waals surface area contributed by atoms with Crippen LogP contribution in [0.15, 0.2) is 47.7 Å². The minimum atomic E-state index is 0. The number of hydrogen-bond acceptors (Lipinski definition) is 3. The van der Waals surface area contributed by atoms with Gasteiger partial charge in [-0.25, -0.2) is 0 Å². The molecule has 1 aromatic heterocycles. The minimum absolute atomic E-state index is 0. The fourth-order valence-corrected chi connectivity index (χ4v) is 4.71. The van der Waals surface area contributed by atoms with E-state index in [1.54, 1.807) is 0 Å². The summed E-state index contributed by atoms with van der Waals surface area (Å²) in [5.74, 6) is 0.907. The highest BCUT2D eigenvalue weighted by Gasteiger charge is 2.40. The van der Waals surface area contributed by atoms with Gasteiger partial charge in [-0.15, -0.1) is 24.0 Å². The van der Waals surface area contributed by atoms with Crippen molar-refractivity contribution in [1.82, 2.24) is 25.3 Å². The fraction of sp³-hybridized carbons (Fsp3) is 0.545. The van der Waals surface area contributed by atoms with Gasteiger partial charge in [0, 0.05) is 44.5 Å². The number of halogens is 1. The number of benzene rings is 1. The normalized spacial score (nSPS) is 24.2. The first-order valence-corrected chi connectivity index (χ1v) is 10.5. The SMILES string of the molecule is CN=C(NCCn1cc(C)cn1)NC1CC2CCC(C1)N2Cc1ccccc1.I. The average Bonchev–Trinajstić information content (AvgIpc) is 3.21. The molecule has 3 heterocycles. The lowest BCUT2D eigenvalue weighted by atomic mass is 9.96. The molecule has 2 fully saturated rings. The van der Waals surface area contributed by atoms with Crippen molar-refractivity contribution < 1.29 is 0 Å². The number of aromatic nitrogens is 2. The van der Waals surface area contributed by atoms with Crippen molar-refractivity contribution in [3.05, 3.63) is 53.9 Å². The summed E-state index contributed by atoms with van der Waals surface area (Å²) in [5.41, 5.74) is 2.62. The van der Waals surface area contributed by atoms with Crippen molar-refractivity contribution in [2.75, 3.05) is 13.6 Å². The second kappa shape index (κ2) is 10.4. The Morgan fingerprint density at radius 3 is 2.52 bits per heavy atom. The van der Waals surface area contributed by atoms with Crippen molar-refractivity contribution in [2.45, 2.75) is 63.8 Å². The molecule has 2 aromatic rings. The number of nitrogens with one attached hydrogen (secondary N) is 2. The molecule has 2 aliphatic rings. The maximum absolute atomic E-state index is 4.43. The predicted molar refractivity (Wildman–Crippen MR) is 129 cm³/mol. The Kier molecular flexibility index (Phi) is 7.94. The number of nitrogens with zero attached hydrogens (tertiary/aromatic N) is 4. The Balaban J connectivity index is 0.00000240. The van der Waals surface area contributed by atoms with Gasteiger partial charge < -0.3 is 10.6 Å². The summed E-state index contributed by atoms with van der Waals surface area (Å²) < 4.78 is 1.97. The van der Waals surface area contributed by atoms with E-state index >= 15 is 0 Å². The first kappa shape index (κ1) is 22.1. The Bertz CT molecular complexity index is 776. The Hall–Kier alpha value is -1.61. The highest BCUT2D eigenvalue weighted by atomic mass is 127. The molecular formula is C22H33IN6. The smallest absolute Gasteiger partial charge is 0.191 e. The van der Waals surface area contributed by atoms with Crippen LogP contribution in [-0.2, 0) is 13.1 Å². The third kappa shape index (κ3) is 5.72. The van der Waals surface area contributed by atoms with E-state index in [2.05, 4.69) is 69.1 Å². The molecule has 1 aromatic carbocycles. The first-order chi connectivity index (χ1) is 13.7. The van der Waals surface area contributed by atoms with E-state index in [1.165, 1.54) is 36.8 Å². The molecule has 29 heavy (non-hydrogen) atoms. The molecule has 2 aliphatic heterocycles. The average molecular weight is 508 g/mol. The van der Waals surface area contributed by atoms with Gasteiger partial charge >= 0.3 is 0 Å². The van der Waals surface area contributed by atoms with Crippen LogP contribution in [0.5, 0.6) is 0 Å². The van der Waals surface area contributed by atoms with Crippen molar-refractivity contribution in [3.63, 3.8) is 0 Å². The zero-order chi connectivity index (χ0) is 19.3. The topological polar surface area (TPSA) is 57.5 Å². The van der Waals surface area contributed by atoms with Gasteiger partial charge in [0.25, 0.3) is 0 Å². The lowest BCUT2D eigenvalue weighted by Crippen LogP contribution is -2.52. The number of hydrogen-bond donors (Lipinski definition) is 2. The molecule has 6 nitrogen and oxygen atoms in total. The molecular weight excluding hydrogens is 475 g/mol. The Morgan fingerprint density at radius 2 is 1.90 bits per heavy atom. The van der Waals surface area contributed by atoms with E-state index in [9.17, 15) is 0 Å². The predicted octanol–water partition coefficient (Wildman–Crippen LogP) is 3.17. The highest BCUT2D eigenvalue weighted by Crippen LogP contribution is 2.36. The van der Waals surface area contributed by atoms with Gasteiger partial charge in [0.2, 0.25) is 0 Å². The van der Waals surface area contributed by atoms with E-state index in [0.29, 0.717) is 18.1 Å². The summed E-state index contributed by atoms with van der Waals surface area (Å²) in [6.45, 7) is 4.81. The van der Waals surface area contributed by atoms with E-state index in [-0.39, 0.29) is 24.0 Å². The van der Waals surface area contributed by atoms with Crippen LogP contribution < -0.4 is 10.6 Å². The van der Waals surface area contributed by atoms with Crippen LogP contribution >= 0.6 is 24.0 Å². The number of piperidine rings is 1. The van der Waals surface area contributed by atoms with Gasteiger partial charge in [0.15, 0.2) is 5.96 Å². The second-order valence-electron chi connectivity index (χ2n) is 8.14. The van der Waals surface area contributed by atoms with E-state index in [1.807, 2.05) is 17.9 Å². The fourth-order valence-electron chi connectivity index (χ4n) is 4.71. The highest BCUT2D eigenvalue weighted by molar-refractivity contribution is 14.0. The summed E-state index contributed by atoms with van der Waals surface area (Å²) >= 11 is 0. The largest absolute Gasteiger partial charge is 0.355 e. The summed E-state index contributed by atoms with van der Waals surface area (Å²) in [5, 5.41) is 11.4. The molecule has 4 rings (SSSR count). The summed E-state index contributed by atoms with van der Waals surface area (Å²) in [6, 6.07) is 12.7. The third-order valence-electron chi connectivity index (χ3n) is 6.05. The van der Waals surface area contributed by atoms with Crippen LogP contribution in [0.2, 0.25) is 0 Å². The van der Waals surface area contributed by atoms with E-state index in [4.69, 9.17) is 0 Å². The van der Waals surface area contributed by atoms with Gasteiger partial charge in [-0.3, -0.25) is 14.6 Å². The van der Waals surface area contributed by atoms with Crippen molar-refractivity contribution in [3.8, 4) is 0 Å². The van der Waals surface area contributed by atoms with Crippen LogP contribution in [0.4, 0.5) is 0 Å². The van der Waals surface area contributed by atoms with Crippen LogP contribution in [0.1, 0.15) is 36.8 Å². The molecule has 0 aliphatic carbocycles. The lowest BCUT2D eigenvalue weighted by Gasteiger charge is -2.39. The van der Waals surface area contributed by atoms with E-state index in [0.717, 1.165) is 25.6 Å². The monoisotopic (exact) mass is 508 g/mol. The molecule has 7 heteroatoms. The zero-order valence-corrected chi connectivity index (χ0v) is 19.8. The minimum Gasteiger partial charge on any atom is -0.355 e. The maximum Gasteiger partial charge on any atom is 0.191 e. The molecule has 158 valence electrons. The van der Waals surface area contributed by atoms with Crippen LogP contribution in [0.3, 0.4) is 0 Å². The molecule has 0 spiro atoms. The number of fused-ring (bicyclic) bond motifs is 2. The summed E-state index contributed by atoms with van der Waals surface area (Å²) in [7, 11) is 1.85. The van der Waals surface area contributed by atoms with Crippen molar-refractivity contribution in [1.29, 1.82) is 0 Å². The Labute approximate surface area is 191 Å². The first-order valence-electron chi connectivity index (χ1n) is 10.5. The van der Waals surface area contributed by atoms with Gasteiger partial charge in [0.05, 0.1) is 12.7 Å². The quantitative estimate of drug-likeness (QED) is 0.358. The third-order valence-corrected chi connectivity index (χ3v) is 6.05. The van der Waals surface area contributed by atoms with Crippen molar-refractivity contribution in [2.24, 2.45) is 4.99 Å². The second-order valence-corrected chi connectivity index (χ2v) is 8.14. The van der Waals surface area contributed by atoms with E-state index < -0.39 is 0 Å². The van der Waals surface area contributed by atoms with Crippen LogP contribution in [0.25, 0.3) is 0 Å². The molecule has 2 N–H and O–H groups in total. The number of aliphatic imine (C=N–C) groups is 1. The number of rotatable bonds is 6. The zero-order valence-electron chi connectivity index (χ0n) is 17.4. The molecule has 0 saturated carbocycles. The Morgan fingerprint density at radius 1 is 1.17 bits per heavy atom. The van der Waals surface area contributed by atoms with Crippen molar-refractivity contribution >= 4 is 29.9 Å². The molecule has 2 bridgehead atoms. The summed E-state index contributed by atoms with van der Waals surface area (Å²) in [6.07, 6.45) is 9.00. The maximum atomic E-state index is 4.43. The molecule has 2 saturated heterocycles.